The molecule has 1 aromatic heterocycles. The zero-order valence-corrected chi connectivity index (χ0v) is 10.8. The molecular weight excluding hydrogens is 249 g/mol. The maximum atomic E-state index is 13.1. The molecule has 1 aliphatic rings. The SMILES string of the molecule is CC(C)(C)c1c[nH]c(=S)n1C1(C(F)(F)F)CC1. The molecule has 0 spiro atoms. The first-order valence-electron chi connectivity index (χ1n) is 5.48. The molecule has 96 valence electrons. The summed E-state index contributed by atoms with van der Waals surface area (Å²) in [6.07, 6.45) is -2.42. The first kappa shape index (κ1) is 12.7. The van der Waals surface area contributed by atoms with Crippen LogP contribution in [0.1, 0.15) is 39.3 Å². The predicted octanol–water partition coefficient (Wildman–Crippen LogP) is 3.89. The molecule has 1 aliphatic carbocycles. The molecule has 2 nitrogen and oxygen atoms in total. The number of nitrogens with one attached hydrogen (secondary N) is 1. The van der Waals surface area contributed by atoms with Gasteiger partial charge in [0.05, 0.1) is 0 Å². The average molecular weight is 264 g/mol. The Labute approximate surface area is 103 Å². The smallest absolute Gasteiger partial charge is 0.337 e. The third-order valence-electron chi connectivity index (χ3n) is 3.22. The third-order valence-corrected chi connectivity index (χ3v) is 3.52. The Kier molecular flexibility index (Phi) is 2.51. The number of alkyl halides is 3. The van der Waals surface area contributed by atoms with Gasteiger partial charge < -0.3 is 9.55 Å². The second kappa shape index (κ2) is 3.37. The largest absolute Gasteiger partial charge is 0.412 e. The van der Waals surface area contributed by atoms with Crippen molar-refractivity contribution in [3.63, 3.8) is 0 Å². The number of H-pyrrole nitrogens is 1. The minimum Gasteiger partial charge on any atom is -0.337 e. The predicted molar refractivity (Wildman–Crippen MR) is 61.6 cm³/mol. The van der Waals surface area contributed by atoms with Gasteiger partial charge in [-0.3, -0.25) is 0 Å². The van der Waals surface area contributed by atoms with Crippen LogP contribution in [-0.4, -0.2) is 15.7 Å². The number of halogens is 3. The Hall–Kier alpha value is -0.780. The highest BCUT2D eigenvalue weighted by atomic mass is 32.1. The molecule has 0 aliphatic heterocycles. The van der Waals surface area contributed by atoms with Crippen molar-refractivity contribution >= 4 is 12.2 Å². The molecule has 0 unspecified atom stereocenters. The average Bonchev–Trinajstić information content (AvgIpc) is 2.83. The van der Waals surface area contributed by atoms with Crippen LogP contribution in [0.2, 0.25) is 0 Å². The van der Waals surface area contributed by atoms with Crippen molar-refractivity contribution in [2.45, 2.75) is 50.7 Å². The Morgan fingerprint density at radius 2 is 1.82 bits per heavy atom. The minimum atomic E-state index is -4.24. The van der Waals surface area contributed by atoms with Crippen LogP contribution in [0, 0.1) is 4.77 Å². The molecule has 1 saturated carbocycles. The molecule has 1 fully saturated rings. The second-order valence-corrected chi connectivity index (χ2v) is 5.98. The summed E-state index contributed by atoms with van der Waals surface area (Å²) in [5.41, 5.74) is -1.53. The van der Waals surface area contributed by atoms with Crippen LogP contribution in [0.15, 0.2) is 6.20 Å². The van der Waals surface area contributed by atoms with Gasteiger partial charge in [-0.25, -0.2) is 0 Å². The number of rotatable bonds is 1. The number of aromatic amines is 1. The highest BCUT2D eigenvalue weighted by Gasteiger charge is 2.66. The highest BCUT2D eigenvalue weighted by molar-refractivity contribution is 7.71. The molecule has 6 heteroatoms. The van der Waals surface area contributed by atoms with E-state index >= 15 is 0 Å². The first-order chi connectivity index (χ1) is 7.59. The van der Waals surface area contributed by atoms with Gasteiger partial charge in [0.2, 0.25) is 0 Å². The van der Waals surface area contributed by atoms with Crippen LogP contribution < -0.4 is 0 Å². The van der Waals surface area contributed by atoms with E-state index in [1.165, 1.54) is 4.57 Å². The summed E-state index contributed by atoms with van der Waals surface area (Å²) in [6, 6.07) is 0. The van der Waals surface area contributed by atoms with E-state index in [0.29, 0.717) is 5.69 Å². The number of hydrogen-bond acceptors (Lipinski definition) is 1. The van der Waals surface area contributed by atoms with E-state index in [2.05, 4.69) is 4.98 Å². The molecule has 0 radical (unpaired) electrons. The number of hydrogen-bond donors (Lipinski definition) is 1. The summed E-state index contributed by atoms with van der Waals surface area (Å²) in [7, 11) is 0. The molecule has 1 N–H and O–H groups in total. The summed E-state index contributed by atoms with van der Waals surface area (Å²) in [6.45, 7) is 5.65. The van der Waals surface area contributed by atoms with E-state index in [9.17, 15) is 13.2 Å². The van der Waals surface area contributed by atoms with Crippen molar-refractivity contribution < 1.29 is 13.2 Å². The van der Waals surface area contributed by atoms with Gasteiger partial charge in [-0.1, -0.05) is 20.8 Å². The zero-order chi connectivity index (χ0) is 13.1. The lowest BCUT2D eigenvalue weighted by molar-refractivity contribution is -0.181. The molecular formula is C11H15F3N2S. The standard InChI is InChI=1S/C11H15F3N2S/c1-9(2,3)7-6-15-8(17)16(7)10(4-5-10)11(12,13)14/h6H,4-5H2,1-3H3,(H,15,17). The molecule has 1 aromatic rings. The van der Waals surface area contributed by atoms with Crippen molar-refractivity contribution in [3.05, 3.63) is 16.7 Å². The first-order valence-corrected chi connectivity index (χ1v) is 5.88. The minimum absolute atomic E-state index is 0.117. The molecule has 0 bridgehead atoms. The van der Waals surface area contributed by atoms with Gasteiger partial charge in [-0.05, 0) is 25.1 Å². The van der Waals surface area contributed by atoms with E-state index in [-0.39, 0.29) is 23.0 Å². The van der Waals surface area contributed by atoms with Gasteiger partial charge >= 0.3 is 6.18 Å². The molecule has 0 saturated heterocycles. The topological polar surface area (TPSA) is 20.7 Å². The van der Waals surface area contributed by atoms with Gasteiger partial charge in [-0.2, -0.15) is 13.2 Å². The maximum Gasteiger partial charge on any atom is 0.412 e. The van der Waals surface area contributed by atoms with E-state index in [1.807, 2.05) is 20.8 Å². The fourth-order valence-electron chi connectivity index (χ4n) is 2.10. The van der Waals surface area contributed by atoms with Crippen LogP contribution in [0.25, 0.3) is 0 Å². The van der Waals surface area contributed by atoms with Crippen LogP contribution >= 0.6 is 12.2 Å². The van der Waals surface area contributed by atoms with Crippen LogP contribution in [-0.2, 0) is 11.0 Å². The third kappa shape index (κ3) is 1.82. The van der Waals surface area contributed by atoms with Gasteiger partial charge in [-0.15, -0.1) is 0 Å². The lowest BCUT2D eigenvalue weighted by atomic mass is 9.92. The van der Waals surface area contributed by atoms with E-state index in [0.717, 1.165) is 0 Å². The number of nitrogens with zero attached hydrogens (tertiary/aromatic N) is 1. The lowest BCUT2D eigenvalue weighted by Gasteiger charge is -2.28. The summed E-state index contributed by atoms with van der Waals surface area (Å²) in [4.78, 5) is 2.74. The van der Waals surface area contributed by atoms with E-state index in [1.54, 1.807) is 6.20 Å². The Bertz CT molecular complexity index is 486. The molecule has 1 heterocycles. The summed E-state index contributed by atoms with van der Waals surface area (Å²) in [5.74, 6) is 0. The number of aromatic nitrogens is 2. The quantitative estimate of drug-likeness (QED) is 0.763. The van der Waals surface area contributed by atoms with Crippen molar-refractivity contribution in [1.82, 2.24) is 9.55 Å². The Morgan fingerprint density at radius 3 is 2.18 bits per heavy atom. The molecule has 17 heavy (non-hydrogen) atoms. The summed E-state index contributed by atoms with van der Waals surface area (Å²) >= 11 is 5.01. The highest BCUT2D eigenvalue weighted by Crippen LogP contribution is 2.56. The molecule has 0 atom stereocenters. The zero-order valence-electron chi connectivity index (χ0n) is 9.98. The Balaban J connectivity index is 2.62. The van der Waals surface area contributed by atoms with E-state index in [4.69, 9.17) is 12.2 Å². The van der Waals surface area contributed by atoms with Gasteiger partial charge in [0.1, 0.15) is 5.54 Å². The van der Waals surface area contributed by atoms with E-state index < -0.39 is 11.7 Å². The van der Waals surface area contributed by atoms with Crippen molar-refractivity contribution in [1.29, 1.82) is 0 Å². The molecule has 0 aromatic carbocycles. The Morgan fingerprint density at radius 1 is 1.29 bits per heavy atom. The monoisotopic (exact) mass is 264 g/mol. The van der Waals surface area contributed by atoms with Gasteiger partial charge in [0.15, 0.2) is 4.77 Å². The summed E-state index contributed by atoms with van der Waals surface area (Å²) < 4.78 is 40.8. The van der Waals surface area contributed by atoms with Crippen LogP contribution in [0.4, 0.5) is 13.2 Å². The fraction of sp³-hybridized carbons (Fsp3) is 0.727. The van der Waals surface area contributed by atoms with Crippen LogP contribution in [0.5, 0.6) is 0 Å². The second-order valence-electron chi connectivity index (χ2n) is 5.59. The molecule has 2 rings (SSSR count). The van der Waals surface area contributed by atoms with Gasteiger partial charge in [0, 0.05) is 17.3 Å². The van der Waals surface area contributed by atoms with Crippen LogP contribution in [0.3, 0.4) is 0 Å². The van der Waals surface area contributed by atoms with Crippen molar-refractivity contribution in [2.24, 2.45) is 0 Å². The normalized spacial score (nSPS) is 19.4. The van der Waals surface area contributed by atoms with Crippen molar-refractivity contribution in [3.8, 4) is 0 Å². The lowest BCUT2D eigenvalue weighted by Crippen LogP contribution is -2.37. The fourth-order valence-corrected chi connectivity index (χ4v) is 2.43. The van der Waals surface area contributed by atoms with Crippen molar-refractivity contribution in [2.75, 3.05) is 0 Å². The van der Waals surface area contributed by atoms with Gasteiger partial charge in [0.25, 0.3) is 0 Å². The molecule has 0 amide bonds. The summed E-state index contributed by atoms with van der Waals surface area (Å²) in [5, 5.41) is 0. The number of imidazole rings is 1. The maximum absolute atomic E-state index is 13.1.